The highest BCUT2D eigenvalue weighted by molar-refractivity contribution is 8.01. The van der Waals surface area contributed by atoms with E-state index in [-0.39, 0.29) is 18.2 Å². The number of nitrogens with one attached hydrogen (secondary N) is 2. The lowest BCUT2D eigenvalue weighted by Crippen LogP contribution is -2.32. The summed E-state index contributed by atoms with van der Waals surface area (Å²) in [6, 6.07) is 8.70. The van der Waals surface area contributed by atoms with Gasteiger partial charge in [-0.1, -0.05) is 11.6 Å². The summed E-state index contributed by atoms with van der Waals surface area (Å²) in [6.45, 7) is 0. The molecule has 1 aliphatic rings. The number of hydrogen-bond acceptors (Lipinski definition) is 4. The van der Waals surface area contributed by atoms with Crippen molar-refractivity contribution in [3.8, 4) is 0 Å². The van der Waals surface area contributed by atoms with Crippen molar-refractivity contribution >= 4 is 46.6 Å². The van der Waals surface area contributed by atoms with Crippen LogP contribution < -0.4 is 10.6 Å². The molecule has 0 aliphatic carbocycles. The van der Waals surface area contributed by atoms with Gasteiger partial charge in [-0.05, 0) is 30.3 Å². The molecule has 5 nitrogen and oxygen atoms in total. The molecule has 1 atom stereocenters. The number of pyridine rings is 1. The molecule has 2 heterocycles. The second-order valence-corrected chi connectivity index (χ2v) is 6.41. The van der Waals surface area contributed by atoms with Gasteiger partial charge in [-0.15, -0.1) is 11.8 Å². The fourth-order valence-electron chi connectivity index (χ4n) is 2.07. The first-order valence-corrected chi connectivity index (χ1v) is 7.84. The smallest absolute Gasteiger partial charge is 0.238 e. The summed E-state index contributed by atoms with van der Waals surface area (Å²) in [5, 5.41) is 5.64. The lowest BCUT2D eigenvalue weighted by atomic mass is 10.2. The van der Waals surface area contributed by atoms with Gasteiger partial charge in [0, 0.05) is 34.4 Å². The molecule has 1 aromatic heterocycles. The Balaban J connectivity index is 1.67. The van der Waals surface area contributed by atoms with Gasteiger partial charge in [-0.25, -0.2) is 0 Å². The predicted octanol–water partition coefficient (Wildman–Crippen LogP) is 3.18. The molecule has 0 saturated heterocycles. The van der Waals surface area contributed by atoms with Crippen LogP contribution in [-0.2, 0) is 9.59 Å². The van der Waals surface area contributed by atoms with Crippen LogP contribution in [0.3, 0.4) is 0 Å². The number of hydrogen-bond donors (Lipinski definition) is 2. The van der Waals surface area contributed by atoms with E-state index in [1.807, 2.05) is 6.07 Å². The number of nitrogens with zero attached hydrogens (tertiary/aromatic N) is 1. The quantitative estimate of drug-likeness (QED) is 0.905. The molecular weight excluding hydrogens is 322 g/mol. The zero-order valence-corrected chi connectivity index (χ0v) is 12.9. The van der Waals surface area contributed by atoms with Crippen LogP contribution in [0.5, 0.6) is 0 Å². The molecule has 2 amide bonds. The van der Waals surface area contributed by atoms with Gasteiger partial charge >= 0.3 is 0 Å². The maximum absolute atomic E-state index is 12.1. The Hall–Kier alpha value is -2.05. The molecule has 112 valence electrons. The second-order valence-electron chi connectivity index (χ2n) is 4.72. The molecule has 7 heteroatoms. The van der Waals surface area contributed by atoms with Crippen LogP contribution in [0.4, 0.5) is 11.4 Å². The van der Waals surface area contributed by atoms with E-state index in [0.717, 1.165) is 4.90 Å². The molecule has 3 rings (SSSR count). The summed E-state index contributed by atoms with van der Waals surface area (Å²) in [5.74, 6) is -0.402. The zero-order valence-electron chi connectivity index (χ0n) is 11.4. The van der Waals surface area contributed by atoms with E-state index in [9.17, 15) is 9.59 Å². The Labute approximate surface area is 136 Å². The molecule has 0 bridgehead atoms. The van der Waals surface area contributed by atoms with Crippen molar-refractivity contribution in [2.75, 3.05) is 10.6 Å². The van der Waals surface area contributed by atoms with E-state index in [4.69, 9.17) is 11.6 Å². The van der Waals surface area contributed by atoms with Gasteiger partial charge in [0.2, 0.25) is 11.8 Å². The highest BCUT2D eigenvalue weighted by atomic mass is 35.5. The molecule has 2 aromatic rings. The third kappa shape index (κ3) is 3.40. The summed E-state index contributed by atoms with van der Waals surface area (Å²) in [4.78, 5) is 28.9. The largest absolute Gasteiger partial charge is 0.326 e. The molecule has 0 unspecified atom stereocenters. The van der Waals surface area contributed by atoms with E-state index < -0.39 is 5.25 Å². The van der Waals surface area contributed by atoms with E-state index in [1.165, 1.54) is 11.8 Å². The molecule has 0 spiro atoms. The molecule has 0 fully saturated rings. The average molecular weight is 334 g/mol. The summed E-state index contributed by atoms with van der Waals surface area (Å²) in [6.07, 6.45) is 3.29. The first-order chi connectivity index (χ1) is 10.6. The zero-order chi connectivity index (χ0) is 15.5. The number of amides is 2. The lowest BCUT2D eigenvalue weighted by molar-refractivity contribution is -0.120. The van der Waals surface area contributed by atoms with Crippen LogP contribution in [-0.4, -0.2) is 22.0 Å². The van der Waals surface area contributed by atoms with Gasteiger partial charge in [-0.3, -0.25) is 14.6 Å². The molecule has 2 N–H and O–H groups in total. The number of aromatic nitrogens is 1. The second kappa shape index (κ2) is 6.37. The number of benzene rings is 1. The number of carbonyl (C=O) groups excluding carboxylic acids is 2. The van der Waals surface area contributed by atoms with Crippen LogP contribution in [0.25, 0.3) is 0 Å². The molecular formula is C15H12ClN3O2S. The SMILES string of the molecule is O=C(C[C@@H]1Sc2ccc(Cl)cc2NC1=O)Nc1ccncc1. The number of anilines is 2. The van der Waals surface area contributed by atoms with Crippen LogP contribution in [0.1, 0.15) is 6.42 Å². The van der Waals surface area contributed by atoms with Gasteiger partial charge in [0.1, 0.15) is 0 Å². The number of thioether (sulfide) groups is 1. The van der Waals surface area contributed by atoms with Crippen molar-refractivity contribution < 1.29 is 9.59 Å². The Bertz CT molecular complexity index is 724. The van der Waals surface area contributed by atoms with E-state index in [0.29, 0.717) is 16.4 Å². The fraction of sp³-hybridized carbons (Fsp3) is 0.133. The third-order valence-electron chi connectivity index (χ3n) is 3.10. The Morgan fingerprint density at radius 1 is 1.32 bits per heavy atom. The summed E-state index contributed by atoms with van der Waals surface area (Å²) in [7, 11) is 0. The van der Waals surface area contributed by atoms with Crippen LogP contribution >= 0.6 is 23.4 Å². The Kier molecular flexibility index (Phi) is 4.31. The third-order valence-corrected chi connectivity index (χ3v) is 4.61. The van der Waals surface area contributed by atoms with Gasteiger partial charge in [0.15, 0.2) is 0 Å². The number of carbonyl (C=O) groups is 2. The predicted molar refractivity (Wildman–Crippen MR) is 87.2 cm³/mol. The average Bonchev–Trinajstić information content (AvgIpc) is 2.49. The summed E-state index contributed by atoms with van der Waals surface area (Å²) in [5.41, 5.74) is 1.35. The standard InChI is InChI=1S/C15H12ClN3O2S/c16-9-1-2-12-11(7-9)19-15(21)13(22-12)8-14(20)18-10-3-5-17-6-4-10/h1-7,13H,8H2,(H,19,21)(H,17,18,20)/t13-/m0/s1. The molecule has 22 heavy (non-hydrogen) atoms. The van der Waals surface area contributed by atoms with E-state index in [2.05, 4.69) is 15.6 Å². The Morgan fingerprint density at radius 2 is 2.09 bits per heavy atom. The lowest BCUT2D eigenvalue weighted by Gasteiger charge is -2.23. The van der Waals surface area contributed by atoms with Crippen molar-refractivity contribution in [1.82, 2.24) is 4.98 Å². The van der Waals surface area contributed by atoms with Crippen molar-refractivity contribution in [2.24, 2.45) is 0 Å². The number of fused-ring (bicyclic) bond motifs is 1. The van der Waals surface area contributed by atoms with Gasteiger partial charge < -0.3 is 10.6 Å². The maximum Gasteiger partial charge on any atom is 0.238 e. The maximum atomic E-state index is 12.1. The fourth-order valence-corrected chi connectivity index (χ4v) is 3.34. The minimum atomic E-state index is -0.462. The van der Waals surface area contributed by atoms with E-state index in [1.54, 1.807) is 36.7 Å². The molecule has 1 aliphatic heterocycles. The van der Waals surface area contributed by atoms with Gasteiger partial charge in [0.25, 0.3) is 0 Å². The highest BCUT2D eigenvalue weighted by Crippen LogP contribution is 2.38. The minimum Gasteiger partial charge on any atom is -0.326 e. The first kappa shape index (κ1) is 14.9. The normalized spacial score (nSPS) is 16.6. The number of rotatable bonds is 3. The van der Waals surface area contributed by atoms with Gasteiger partial charge in [0.05, 0.1) is 10.9 Å². The van der Waals surface area contributed by atoms with Crippen LogP contribution in [0, 0.1) is 0 Å². The monoisotopic (exact) mass is 333 g/mol. The number of halogens is 1. The topological polar surface area (TPSA) is 71.1 Å². The van der Waals surface area contributed by atoms with Crippen LogP contribution in [0.15, 0.2) is 47.6 Å². The summed E-state index contributed by atoms with van der Waals surface area (Å²) < 4.78 is 0. The van der Waals surface area contributed by atoms with Crippen molar-refractivity contribution in [3.05, 3.63) is 47.7 Å². The van der Waals surface area contributed by atoms with Crippen molar-refractivity contribution in [1.29, 1.82) is 0 Å². The minimum absolute atomic E-state index is 0.0981. The summed E-state index contributed by atoms with van der Waals surface area (Å²) >= 11 is 7.27. The Morgan fingerprint density at radius 3 is 2.86 bits per heavy atom. The van der Waals surface area contributed by atoms with E-state index >= 15 is 0 Å². The van der Waals surface area contributed by atoms with Crippen LogP contribution in [0.2, 0.25) is 5.02 Å². The molecule has 1 aromatic carbocycles. The van der Waals surface area contributed by atoms with Crippen molar-refractivity contribution in [2.45, 2.75) is 16.6 Å². The van der Waals surface area contributed by atoms with Crippen molar-refractivity contribution in [3.63, 3.8) is 0 Å². The highest BCUT2D eigenvalue weighted by Gasteiger charge is 2.29. The molecule has 0 radical (unpaired) electrons. The first-order valence-electron chi connectivity index (χ1n) is 6.59. The molecule has 0 saturated carbocycles. The van der Waals surface area contributed by atoms with Gasteiger partial charge in [-0.2, -0.15) is 0 Å².